The van der Waals surface area contributed by atoms with E-state index in [1.54, 1.807) is 12.1 Å². The molecule has 1 atom stereocenters. The molecular weight excluding hydrogens is 332 g/mol. The van der Waals surface area contributed by atoms with Crippen LogP contribution in [0, 0.1) is 19.8 Å². The summed E-state index contributed by atoms with van der Waals surface area (Å²) in [5, 5.41) is 14.6. The predicted octanol–water partition coefficient (Wildman–Crippen LogP) is 2.63. The highest BCUT2D eigenvalue weighted by Gasteiger charge is 2.24. The summed E-state index contributed by atoms with van der Waals surface area (Å²) in [5.74, 6) is -1.38. The van der Waals surface area contributed by atoms with Crippen molar-refractivity contribution in [3.63, 3.8) is 0 Å². The van der Waals surface area contributed by atoms with E-state index in [1.807, 2.05) is 19.9 Å². The van der Waals surface area contributed by atoms with E-state index in [9.17, 15) is 19.5 Å². The van der Waals surface area contributed by atoms with E-state index in [0.717, 1.165) is 36.8 Å². The van der Waals surface area contributed by atoms with Gasteiger partial charge >= 0.3 is 5.97 Å². The van der Waals surface area contributed by atoms with Crippen molar-refractivity contribution in [2.75, 3.05) is 6.54 Å². The lowest BCUT2D eigenvalue weighted by atomic mass is 9.87. The molecule has 2 amide bonds. The lowest BCUT2D eigenvalue weighted by Crippen LogP contribution is -2.41. The number of benzene rings is 1. The fourth-order valence-corrected chi connectivity index (χ4v) is 3.48. The SMILES string of the molecule is Cc1cccc(C(NC(=O)CNC(=O)CC2CCCCC2)C(=O)O)c1C. The minimum Gasteiger partial charge on any atom is -0.479 e. The molecule has 1 aromatic rings. The van der Waals surface area contributed by atoms with Gasteiger partial charge in [-0.1, -0.05) is 37.5 Å². The number of rotatable bonds is 7. The van der Waals surface area contributed by atoms with Crippen LogP contribution < -0.4 is 10.6 Å². The lowest BCUT2D eigenvalue weighted by Gasteiger charge is -2.21. The van der Waals surface area contributed by atoms with Gasteiger partial charge in [-0.05, 0) is 49.3 Å². The molecule has 1 fully saturated rings. The van der Waals surface area contributed by atoms with Crippen molar-refractivity contribution < 1.29 is 19.5 Å². The summed E-state index contributed by atoms with van der Waals surface area (Å²) in [4.78, 5) is 35.7. The van der Waals surface area contributed by atoms with Crippen LogP contribution in [-0.2, 0) is 14.4 Å². The Kier molecular flexibility index (Phi) is 7.18. The highest BCUT2D eigenvalue weighted by atomic mass is 16.4. The van der Waals surface area contributed by atoms with Crippen LogP contribution in [0.2, 0.25) is 0 Å². The van der Waals surface area contributed by atoms with E-state index >= 15 is 0 Å². The van der Waals surface area contributed by atoms with Crippen molar-refractivity contribution >= 4 is 17.8 Å². The highest BCUT2D eigenvalue weighted by molar-refractivity contribution is 5.88. The number of aryl methyl sites for hydroxylation is 1. The molecule has 26 heavy (non-hydrogen) atoms. The Hall–Kier alpha value is -2.37. The molecule has 0 bridgehead atoms. The minimum absolute atomic E-state index is 0.148. The molecule has 0 aliphatic heterocycles. The second kappa shape index (κ2) is 9.36. The molecule has 1 aromatic carbocycles. The van der Waals surface area contributed by atoms with Crippen molar-refractivity contribution in [2.45, 2.75) is 58.4 Å². The summed E-state index contributed by atoms with van der Waals surface area (Å²) in [5.41, 5.74) is 2.35. The smallest absolute Gasteiger partial charge is 0.330 e. The van der Waals surface area contributed by atoms with E-state index in [4.69, 9.17) is 0 Å². The van der Waals surface area contributed by atoms with E-state index < -0.39 is 17.9 Å². The Bertz CT molecular complexity index is 666. The number of carbonyl (C=O) groups is 3. The van der Waals surface area contributed by atoms with E-state index in [2.05, 4.69) is 10.6 Å². The van der Waals surface area contributed by atoms with Crippen molar-refractivity contribution in [2.24, 2.45) is 5.92 Å². The van der Waals surface area contributed by atoms with Crippen LogP contribution in [0.4, 0.5) is 0 Å². The predicted molar refractivity (Wildman–Crippen MR) is 98.6 cm³/mol. The average molecular weight is 360 g/mol. The monoisotopic (exact) mass is 360 g/mol. The number of amides is 2. The number of nitrogens with one attached hydrogen (secondary N) is 2. The van der Waals surface area contributed by atoms with Gasteiger partial charge in [-0.15, -0.1) is 0 Å². The van der Waals surface area contributed by atoms with Crippen LogP contribution >= 0.6 is 0 Å². The number of hydrogen-bond acceptors (Lipinski definition) is 3. The van der Waals surface area contributed by atoms with Gasteiger partial charge in [-0.25, -0.2) is 4.79 Å². The first-order valence-corrected chi connectivity index (χ1v) is 9.23. The summed E-state index contributed by atoms with van der Waals surface area (Å²) in [7, 11) is 0. The van der Waals surface area contributed by atoms with Gasteiger partial charge in [0.2, 0.25) is 11.8 Å². The van der Waals surface area contributed by atoms with E-state index in [-0.39, 0.29) is 12.5 Å². The van der Waals surface area contributed by atoms with Gasteiger partial charge in [0.05, 0.1) is 6.54 Å². The van der Waals surface area contributed by atoms with Crippen molar-refractivity contribution in [3.05, 3.63) is 34.9 Å². The summed E-state index contributed by atoms with van der Waals surface area (Å²) in [6.07, 6.45) is 6.12. The fourth-order valence-electron chi connectivity index (χ4n) is 3.48. The van der Waals surface area contributed by atoms with E-state index in [1.165, 1.54) is 6.42 Å². The van der Waals surface area contributed by atoms with Gasteiger partial charge in [0.25, 0.3) is 0 Å². The quantitative estimate of drug-likeness (QED) is 0.696. The van der Waals surface area contributed by atoms with Crippen LogP contribution in [-0.4, -0.2) is 29.4 Å². The standard InChI is InChI=1S/C20H28N2O4/c1-13-7-6-10-16(14(13)2)19(20(25)26)22-18(24)12-21-17(23)11-15-8-4-3-5-9-15/h6-7,10,15,19H,3-5,8-9,11-12H2,1-2H3,(H,21,23)(H,22,24)(H,25,26). The molecule has 3 N–H and O–H groups in total. The number of carboxylic acid groups (broad SMARTS) is 1. The molecule has 6 heteroatoms. The maximum absolute atomic E-state index is 12.1. The molecule has 1 unspecified atom stereocenters. The first kappa shape index (κ1) is 19.9. The third-order valence-corrected chi connectivity index (χ3v) is 5.15. The van der Waals surface area contributed by atoms with Crippen LogP contribution in [0.25, 0.3) is 0 Å². The Morgan fingerprint density at radius 2 is 1.81 bits per heavy atom. The fraction of sp³-hybridized carbons (Fsp3) is 0.550. The summed E-state index contributed by atoms with van der Waals surface area (Å²) >= 11 is 0. The van der Waals surface area contributed by atoms with Gasteiger partial charge in [-0.2, -0.15) is 0 Å². The second-order valence-electron chi connectivity index (χ2n) is 7.11. The molecule has 1 saturated carbocycles. The zero-order valence-electron chi connectivity index (χ0n) is 15.5. The van der Waals surface area contributed by atoms with Gasteiger partial charge < -0.3 is 15.7 Å². The summed E-state index contributed by atoms with van der Waals surface area (Å²) in [6, 6.07) is 4.23. The number of carbonyl (C=O) groups excluding carboxylic acids is 2. The molecule has 0 saturated heterocycles. The van der Waals surface area contributed by atoms with Crippen LogP contribution in [0.15, 0.2) is 18.2 Å². The van der Waals surface area contributed by atoms with Crippen LogP contribution in [0.3, 0.4) is 0 Å². The lowest BCUT2D eigenvalue weighted by molar-refractivity contribution is -0.142. The van der Waals surface area contributed by atoms with Crippen LogP contribution in [0.1, 0.15) is 61.3 Å². The molecule has 1 aliphatic rings. The van der Waals surface area contributed by atoms with Crippen molar-refractivity contribution in [3.8, 4) is 0 Å². The van der Waals surface area contributed by atoms with Crippen LogP contribution in [0.5, 0.6) is 0 Å². The maximum atomic E-state index is 12.1. The average Bonchev–Trinajstić information content (AvgIpc) is 2.61. The molecule has 0 heterocycles. The maximum Gasteiger partial charge on any atom is 0.330 e. The highest BCUT2D eigenvalue weighted by Crippen LogP contribution is 2.26. The third-order valence-electron chi connectivity index (χ3n) is 5.15. The Balaban J connectivity index is 1.88. The van der Waals surface area contributed by atoms with Crippen molar-refractivity contribution in [1.29, 1.82) is 0 Å². The normalized spacial score (nSPS) is 15.9. The molecule has 142 valence electrons. The molecule has 1 aliphatic carbocycles. The second-order valence-corrected chi connectivity index (χ2v) is 7.11. The topological polar surface area (TPSA) is 95.5 Å². The van der Waals surface area contributed by atoms with Gasteiger partial charge in [0.15, 0.2) is 6.04 Å². The number of aliphatic carboxylic acids is 1. The van der Waals surface area contributed by atoms with Gasteiger partial charge in [-0.3, -0.25) is 9.59 Å². The Morgan fingerprint density at radius 1 is 1.12 bits per heavy atom. The van der Waals surface area contributed by atoms with Crippen molar-refractivity contribution in [1.82, 2.24) is 10.6 Å². The van der Waals surface area contributed by atoms with Gasteiger partial charge in [0.1, 0.15) is 0 Å². The first-order valence-electron chi connectivity index (χ1n) is 9.23. The van der Waals surface area contributed by atoms with E-state index in [0.29, 0.717) is 17.9 Å². The first-order chi connectivity index (χ1) is 12.4. The number of carboxylic acids is 1. The molecule has 6 nitrogen and oxygen atoms in total. The zero-order chi connectivity index (χ0) is 19.1. The summed E-state index contributed by atoms with van der Waals surface area (Å²) < 4.78 is 0. The summed E-state index contributed by atoms with van der Waals surface area (Å²) in [6.45, 7) is 3.52. The molecule has 0 radical (unpaired) electrons. The molecular formula is C20H28N2O4. The third kappa shape index (κ3) is 5.58. The van der Waals surface area contributed by atoms with Gasteiger partial charge in [0, 0.05) is 6.42 Å². The molecule has 0 aromatic heterocycles. The minimum atomic E-state index is -1.13. The Morgan fingerprint density at radius 3 is 2.46 bits per heavy atom. The largest absolute Gasteiger partial charge is 0.479 e. The molecule has 2 rings (SSSR count). The zero-order valence-corrected chi connectivity index (χ0v) is 15.5. The molecule has 0 spiro atoms. The number of hydrogen-bond donors (Lipinski definition) is 3. The Labute approximate surface area is 154 Å².